The van der Waals surface area contributed by atoms with Gasteiger partial charge in [-0.05, 0) is 32.9 Å². The first kappa shape index (κ1) is 16.4. The largest absolute Gasteiger partial charge is 0.443 e. The first-order chi connectivity index (χ1) is 9.19. The van der Waals surface area contributed by atoms with Gasteiger partial charge in [-0.25, -0.2) is 10.2 Å². The lowest BCUT2D eigenvalue weighted by Crippen LogP contribution is -2.40. The Labute approximate surface area is 124 Å². The van der Waals surface area contributed by atoms with Crippen molar-refractivity contribution >= 4 is 27.7 Å². The Hall–Kier alpha value is -1.67. The Bertz CT molecular complexity index is 514. The molecule has 110 valence electrons. The summed E-state index contributed by atoms with van der Waals surface area (Å²) in [4.78, 5) is 21.8. The summed E-state index contributed by atoms with van der Waals surface area (Å²) in [5, 5.41) is 10.9. The van der Waals surface area contributed by atoms with Gasteiger partial charge in [0.1, 0.15) is 5.60 Å². The second kappa shape index (κ2) is 6.67. The van der Waals surface area contributed by atoms with E-state index in [1.54, 1.807) is 32.9 Å². The molecule has 2 N–H and O–H groups in total. The van der Waals surface area contributed by atoms with Crippen molar-refractivity contribution in [2.45, 2.75) is 32.9 Å². The van der Waals surface area contributed by atoms with Crippen molar-refractivity contribution in [3.05, 3.63) is 38.3 Å². The van der Waals surface area contributed by atoms with E-state index in [0.29, 0.717) is 5.56 Å². The van der Waals surface area contributed by atoms with Gasteiger partial charge in [-0.15, -0.1) is 0 Å². The van der Waals surface area contributed by atoms with Crippen LogP contribution in [0.2, 0.25) is 0 Å². The summed E-state index contributed by atoms with van der Waals surface area (Å²) < 4.78 is 5.74. The molecule has 0 aliphatic heterocycles. The van der Waals surface area contributed by atoms with E-state index in [2.05, 4.69) is 26.8 Å². The molecule has 0 heterocycles. The molecule has 0 aromatic heterocycles. The molecule has 0 spiro atoms. The van der Waals surface area contributed by atoms with Gasteiger partial charge >= 0.3 is 6.09 Å². The number of hydrogen-bond acceptors (Lipinski definition) is 5. The van der Waals surface area contributed by atoms with E-state index in [4.69, 9.17) is 4.74 Å². The van der Waals surface area contributed by atoms with Gasteiger partial charge in [0.15, 0.2) is 0 Å². The molecule has 0 bridgehead atoms. The maximum Gasteiger partial charge on any atom is 0.422 e. The fourth-order valence-corrected chi connectivity index (χ4v) is 1.80. The van der Waals surface area contributed by atoms with Gasteiger partial charge in [0.25, 0.3) is 5.69 Å². The molecule has 20 heavy (non-hydrogen) atoms. The molecule has 1 aromatic carbocycles. The molecule has 0 fully saturated rings. The highest BCUT2D eigenvalue weighted by Gasteiger charge is 2.17. The predicted molar refractivity (Wildman–Crippen MR) is 77.0 cm³/mol. The van der Waals surface area contributed by atoms with Gasteiger partial charge in [0.2, 0.25) is 0 Å². The number of benzene rings is 1. The molecule has 7 nitrogen and oxygen atoms in total. The zero-order valence-corrected chi connectivity index (χ0v) is 13.0. The number of nitrogens with one attached hydrogen (secondary N) is 2. The predicted octanol–water partition coefficient (Wildman–Crippen LogP) is 2.89. The average Bonchev–Trinajstić information content (AvgIpc) is 2.26. The van der Waals surface area contributed by atoms with Crippen LogP contribution in [0.5, 0.6) is 0 Å². The molecule has 0 unspecified atom stereocenters. The van der Waals surface area contributed by atoms with Gasteiger partial charge in [0, 0.05) is 22.6 Å². The van der Waals surface area contributed by atoms with Crippen LogP contribution in [0.1, 0.15) is 26.3 Å². The minimum Gasteiger partial charge on any atom is -0.443 e. The maximum absolute atomic E-state index is 11.4. The molecule has 8 heteroatoms. The number of ether oxygens (including phenoxy) is 1. The molecule has 1 rings (SSSR count). The number of halogens is 1. The number of nitro benzene ring substituents is 1. The second-order valence-corrected chi connectivity index (χ2v) is 5.93. The highest BCUT2D eigenvalue weighted by atomic mass is 79.9. The minimum atomic E-state index is -0.643. The van der Waals surface area contributed by atoms with Crippen molar-refractivity contribution in [1.82, 2.24) is 10.9 Å². The lowest BCUT2D eigenvalue weighted by atomic mass is 10.2. The van der Waals surface area contributed by atoms with Crippen LogP contribution in [-0.4, -0.2) is 16.6 Å². The Morgan fingerprint density at radius 1 is 1.45 bits per heavy atom. The number of rotatable bonds is 4. The fourth-order valence-electron chi connectivity index (χ4n) is 1.39. The van der Waals surface area contributed by atoms with Gasteiger partial charge in [-0.1, -0.05) is 15.9 Å². The number of amides is 1. The third kappa shape index (κ3) is 5.54. The number of carbonyl (C=O) groups is 1. The molecule has 0 saturated heterocycles. The van der Waals surface area contributed by atoms with Crippen molar-refractivity contribution in [3.63, 3.8) is 0 Å². The molecule has 0 saturated carbocycles. The van der Waals surface area contributed by atoms with E-state index in [9.17, 15) is 14.9 Å². The Kier molecular flexibility index (Phi) is 5.46. The number of hydrogen-bond donors (Lipinski definition) is 2. The Morgan fingerprint density at radius 3 is 2.65 bits per heavy atom. The normalized spacial score (nSPS) is 11.0. The maximum atomic E-state index is 11.4. The first-order valence-corrected chi connectivity index (χ1v) is 6.63. The standard InChI is InChI=1S/C12H16BrN3O4/c1-12(2,3)20-11(17)15-14-7-8-6-9(13)4-5-10(8)16(18)19/h4-6,14H,7H2,1-3H3,(H,15,17). The van der Waals surface area contributed by atoms with E-state index < -0.39 is 16.6 Å². The smallest absolute Gasteiger partial charge is 0.422 e. The second-order valence-electron chi connectivity index (χ2n) is 5.01. The third-order valence-electron chi connectivity index (χ3n) is 2.11. The minimum absolute atomic E-state index is 0.0216. The fraction of sp³-hybridized carbons (Fsp3) is 0.417. The van der Waals surface area contributed by atoms with Gasteiger partial charge < -0.3 is 4.74 Å². The summed E-state index contributed by atoms with van der Waals surface area (Å²) in [5.41, 5.74) is 4.74. The van der Waals surface area contributed by atoms with Gasteiger partial charge in [-0.2, -0.15) is 0 Å². The summed E-state index contributed by atoms with van der Waals surface area (Å²) in [6.07, 6.45) is -0.643. The molecular weight excluding hydrogens is 330 g/mol. The highest BCUT2D eigenvalue weighted by molar-refractivity contribution is 9.10. The zero-order valence-electron chi connectivity index (χ0n) is 11.4. The number of hydrazine groups is 1. The number of nitro groups is 1. The first-order valence-electron chi connectivity index (χ1n) is 5.84. The van der Waals surface area contributed by atoms with Crippen LogP contribution < -0.4 is 10.9 Å². The number of carbonyl (C=O) groups excluding carboxylic acids is 1. The summed E-state index contributed by atoms with van der Waals surface area (Å²) >= 11 is 3.24. The number of nitrogens with zero attached hydrogens (tertiary/aromatic N) is 1. The van der Waals surface area contributed by atoms with Crippen molar-refractivity contribution in [2.75, 3.05) is 0 Å². The molecule has 0 aliphatic rings. The summed E-state index contributed by atoms with van der Waals surface area (Å²) in [6.45, 7) is 5.33. The quantitative estimate of drug-likeness (QED) is 0.646. The molecule has 1 amide bonds. The van der Waals surface area contributed by atoms with Crippen LogP contribution in [0.15, 0.2) is 22.7 Å². The van der Waals surface area contributed by atoms with Crippen LogP contribution in [0.3, 0.4) is 0 Å². The lowest BCUT2D eigenvalue weighted by molar-refractivity contribution is -0.385. The average molecular weight is 346 g/mol. The van der Waals surface area contributed by atoms with E-state index in [1.165, 1.54) is 6.07 Å². The monoisotopic (exact) mass is 345 g/mol. The Morgan fingerprint density at radius 2 is 2.10 bits per heavy atom. The van der Waals surface area contributed by atoms with Crippen LogP contribution in [0.25, 0.3) is 0 Å². The van der Waals surface area contributed by atoms with E-state index in [0.717, 1.165) is 4.47 Å². The SMILES string of the molecule is CC(C)(C)OC(=O)NNCc1cc(Br)ccc1[N+](=O)[O-]. The van der Waals surface area contributed by atoms with E-state index >= 15 is 0 Å². The summed E-state index contributed by atoms with van der Waals surface area (Å²) in [6, 6.07) is 4.60. The van der Waals surface area contributed by atoms with E-state index in [1.807, 2.05) is 0 Å². The Balaban J connectivity index is 2.60. The van der Waals surface area contributed by atoms with Crippen molar-refractivity contribution < 1.29 is 14.5 Å². The third-order valence-corrected chi connectivity index (χ3v) is 2.60. The molecular formula is C12H16BrN3O4. The van der Waals surface area contributed by atoms with Gasteiger partial charge in [-0.3, -0.25) is 15.5 Å². The molecule has 0 atom stereocenters. The van der Waals surface area contributed by atoms with Crippen LogP contribution in [0.4, 0.5) is 10.5 Å². The topological polar surface area (TPSA) is 93.5 Å². The van der Waals surface area contributed by atoms with E-state index in [-0.39, 0.29) is 12.2 Å². The molecule has 1 aromatic rings. The van der Waals surface area contributed by atoms with Crippen LogP contribution in [0, 0.1) is 10.1 Å². The van der Waals surface area contributed by atoms with Crippen molar-refractivity contribution in [2.24, 2.45) is 0 Å². The van der Waals surface area contributed by atoms with Crippen LogP contribution >= 0.6 is 15.9 Å². The zero-order chi connectivity index (χ0) is 15.3. The summed E-state index contributed by atoms with van der Waals surface area (Å²) in [7, 11) is 0. The van der Waals surface area contributed by atoms with Gasteiger partial charge in [0.05, 0.1) is 4.92 Å². The van der Waals surface area contributed by atoms with Crippen molar-refractivity contribution in [3.8, 4) is 0 Å². The van der Waals surface area contributed by atoms with Crippen LogP contribution in [-0.2, 0) is 11.3 Å². The summed E-state index contributed by atoms with van der Waals surface area (Å²) in [5.74, 6) is 0. The molecule has 0 radical (unpaired) electrons. The van der Waals surface area contributed by atoms with Crippen molar-refractivity contribution in [1.29, 1.82) is 0 Å². The lowest BCUT2D eigenvalue weighted by Gasteiger charge is -2.19. The molecule has 0 aliphatic carbocycles. The highest BCUT2D eigenvalue weighted by Crippen LogP contribution is 2.22.